The summed E-state index contributed by atoms with van der Waals surface area (Å²) < 4.78 is 60.2. The van der Waals surface area contributed by atoms with Crippen LogP contribution in [-0.4, -0.2) is 263 Å². The molecule has 10 rings (SSSR count). The number of carbonyl (C=O) groups excluding carboxylic acids is 1. The van der Waals surface area contributed by atoms with Crippen molar-refractivity contribution in [1.82, 2.24) is 0 Å². The van der Waals surface area contributed by atoms with Crippen molar-refractivity contribution in [1.29, 1.82) is 0 Å². The van der Waals surface area contributed by atoms with Crippen molar-refractivity contribution >= 4 is 5.97 Å². The molecule has 26 heteroatoms. The van der Waals surface area contributed by atoms with Gasteiger partial charge in [-0.15, -0.1) is 0 Å². The Morgan fingerprint density at radius 1 is 0.571 bits per heavy atom. The third kappa shape index (κ3) is 10.9. The maximum absolute atomic E-state index is 15.2. The molecule has 0 aromatic rings. The summed E-state index contributed by atoms with van der Waals surface area (Å²) in [7, 11) is 0. The molecule has 5 heterocycles. The highest BCUT2D eigenvalue weighted by molar-refractivity contribution is 5.79. The molecular formula is C58H94O26. The normalized spacial score (nSPS) is 54.9. The summed E-state index contributed by atoms with van der Waals surface area (Å²) in [5.74, 6) is -0.941. The van der Waals surface area contributed by atoms with Crippen LogP contribution in [0.15, 0.2) is 11.6 Å². The Hall–Kier alpha value is -1.75. The first-order valence-electron chi connectivity index (χ1n) is 30.2. The average Bonchev–Trinajstić information content (AvgIpc) is 0.774. The number of aliphatic hydroxyl groups is 15. The molecule has 32 atom stereocenters. The second-order valence-corrected chi connectivity index (χ2v) is 28.1. The average molecular weight is 1210 g/mol. The summed E-state index contributed by atoms with van der Waals surface area (Å²) >= 11 is 0. The predicted molar refractivity (Wildman–Crippen MR) is 283 cm³/mol. The first-order chi connectivity index (χ1) is 39.4. The molecule has 5 aliphatic carbocycles. The molecular weight excluding hydrogens is 1110 g/mol. The van der Waals surface area contributed by atoms with Gasteiger partial charge in [0.1, 0.15) is 104 Å². The molecule has 0 aromatic carbocycles. The number of esters is 1. The fourth-order valence-electron chi connectivity index (χ4n) is 17.3. The molecule has 9 fully saturated rings. The van der Waals surface area contributed by atoms with E-state index in [9.17, 15) is 76.6 Å². The summed E-state index contributed by atoms with van der Waals surface area (Å²) in [5.41, 5.74) is -2.10. The number of carbonyl (C=O) groups is 1. The van der Waals surface area contributed by atoms with Crippen LogP contribution >= 0.6 is 0 Å². The van der Waals surface area contributed by atoms with Crippen LogP contribution in [0.3, 0.4) is 0 Å². The van der Waals surface area contributed by atoms with E-state index in [0.717, 1.165) is 6.42 Å². The molecule has 0 bridgehead atoms. The van der Waals surface area contributed by atoms with Crippen LogP contribution in [0.1, 0.15) is 113 Å². The van der Waals surface area contributed by atoms with Crippen LogP contribution in [0, 0.1) is 50.2 Å². The van der Waals surface area contributed by atoms with Crippen molar-refractivity contribution in [2.45, 2.75) is 260 Å². The van der Waals surface area contributed by atoms with Crippen LogP contribution in [0.2, 0.25) is 0 Å². The van der Waals surface area contributed by atoms with E-state index >= 15 is 4.79 Å². The first kappa shape index (κ1) is 65.2. The summed E-state index contributed by atoms with van der Waals surface area (Å²) in [6, 6.07) is 0. The molecule has 84 heavy (non-hydrogen) atoms. The third-order valence-corrected chi connectivity index (χ3v) is 22.8. The van der Waals surface area contributed by atoms with Crippen molar-refractivity contribution in [3.63, 3.8) is 0 Å². The molecule has 482 valence electrons. The minimum atomic E-state index is -1.86. The van der Waals surface area contributed by atoms with Crippen LogP contribution in [-0.2, 0) is 52.2 Å². The minimum Gasteiger partial charge on any atom is -0.432 e. The van der Waals surface area contributed by atoms with Gasteiger partial charge in [0.05, 0.1) is 50.7 Å². The molecule has 26 nitrogen and oxygen atoms in total. The van der Waals surface area contributed by atoms with E-state index in [0.29, 0.717) is 57.8 Å². The van der Waals surface area contributed by atoms with Gasteiger partial charge >= 0.3 is 5.97 Å². The van der Waals surface area contributed by atoms with E-state index in [4.69, 9.17) is 47.4 Å². The number of aliphatic hydroxyl groups excluding tert-OH is 15. The molecule has 4 saturated carbocycles. The summed E-state index contributed by atoms with van der Waals surface area (Å²) in [5, 5.41) is 161. The molecule has 5 saturated heterocycles. The smallest absolute Gasteiger partial charge is 0.315 e. The zero-order valence-corrected chi connectivity index (χ0v) is 49.0. The predicted octanol–water partition coefficient (Wildman–Crippen LogP) is -2.93. The quantitative estimate of drug-likeness (QED) is 0.0499. The van der Waals surface area contributed by atoms with Crippen LogP contribution in [0.25, 0.3) is 0 Å². The Kier molecular flexibility index (Phi) is 18.7. The van der Waals surface area contributed by atoms with Crippen molar-refractivity contribution in [2.75, 3.05) is 33.0 Å². The van der Waals surface area contributed by atoms with E-state index < -0.39 is 189 Å². The lowest BCUT2D eigenvalue weighted by atomic mass is 9.33. The van der Waals surface area contributed by atoms with Gasteiger partial charge in [0.15, 0.2) is 25.2 Å². The van der Waals surface area contributed by atoms with Gasteiger partial charge in [0.2, 0.25) is 6.29 Å². The number of hydrogen-bond acceptors (Lipinski definition) is 26. The number of allylic oxidation sites excluding steroid dienone is 2. The van der Waals surface area contributed by atoms with E-state index in [2.05, 4.69) is 40.7 Å². The number of rotatable bonds is 13. The summed E-state index contributed by atoms with van der Waals surface area (Å²) in [4.78, 5) is 15.2. The first-order valence-corrected chi connectivity index (χ1v) is 30.2. The second kappa shape index (κ2) is 24.1. The van der Waals surface area contributed by atoms with Gasteiger partial charge in [-0.25, -0.2) is 0 Å². The maximum atomic E-state index is 15.2. The minimum absolute atomic E-state index is 0.0839. The Labute approximate surface area is 488 Å². The summed E-state index contributed by atoms with van der Waals surface area (Å²) in [6.07, 6.45) is -28.8. The summed E-state index contributed by atoms with van der Waals surface area (Å²) in [6.45, 7) is 12.5. The van der Waals surface area contributed by atoms with Crippen molar-refractivity contribution < 1.29 is 129 Å². The molecule has 32 unspecified atom stereocenters. The topological polar surface area (TPSA) is 413 Å². The van der Waals surface area contributed by atoms with Gasteiger partial charge in [-0.05, 0) is 111 Å². The highest BCUT2D eigenvalue weighted by atomic mass is 16.8. The molecule has 10 aliphatic rings. The van der Waals surface area contributed by atoms with E-state index in [1.807, 2.05) is 6.92 Å². The van der Waals surface area contributed by atoms with Crippen LogP contribution < -0.4 is 0 Å². The zero-order valence-electron chi connectivity index (χ0n) is 49.0. The fraction of sp³-hybridized carbons (Fsp3) is 0.948. The monoisotopic (exact) mass is 1210 g/mol. The van der Waals surface area contributed by atoms with Crippen LogP contribution in [0.5, 0.6) is 0 Å². The maximum Gasteiger partial charge on any atom is 0.315 e. The number of fused-ring (bicyclic) bond motifs is 7. The Morgan fingerprint density at radius 3 is 1.86 bits per heavy atom. The highest BCUT2D eigenvalue weighted by Gasteiger charge is 2.71. The van der Waals surface area contributed by atoms with Gasteiger partial charge in [-0.3, -0.25) is 4.79 Å². The van der Waals surface area contributed by atoms with Crippen molar-refractivity contribution in [2.24, 2.45) is 50.2 Å². The van der Waals surface area contributed by atoms with Gasteiger partial charge in [0.25, 0.3) is 0 Å². The standard InChI is InChI=1S/C58H94O26/c1-24-34(63)38(67)43(72)49(78-24)83-46-45(82-48-41(70)35(64)27(61)20-75-48)28(62)21-76-51(46)81-33-11-12-54(4)31(55(33,5)23-60)10-13-57(7)32(54)9-8-25-26-18-53(2,3)14-16-58(26,17-15-56(25,57)6)52(74)84-50-44(73)40(69)37(66)30(80-50)22-77-47-42(71)39(68)36(65)29(19-59)79-47/h8,24,26-51,59-73H,9-23H2,1-7H3. The number of ether oxygens (including phenoxy) is 10. The van der Waals surface area contributed by atoms with E-state index in [-0.39, 0.29) is 47.2 Å². The molecule has 5 aliphatic heterocycles. The molecule has 0 aromatic heterocycles. The van der Waals surface area contributed by atoms with Gasteiger partial charge in [-0.1, -0.05) is 53.2 Å². The second-order valence-electron chi connectivity index (χ2n) is 28.1. The fourth-order valence-corrected chi connectivity index (χ4v) is 17.3. The largest absolute Gasteiger partial charge is 0.432 e. The third-order valence-electron chi connectivity index (χ3n) is 22.8. The van der Waals surface area contributed by atoms with Gasteiger partial charge < -0.3 is 124 Å². The molecule has 15 N–H and O–H groups in total. The highest BCUT2D eigenvalue weighted by Crippen LogP contribution is 2.76. The Balaban J connectivity index is 0.882. The van der Waals surface area contributed by atoms with E-state index in [1.54, 1.807) is 0 Å². The lowest BCUT2D eigenvalue weighted by Gasteiger charge is -2.71. The Bertz CT molecular complexity index is 2330. The van der Waals surface area contributed by atoms with Crippen molar-refractivity contribution in [3.8, 4) is 0 Å². The van der Waals surface area contributed by atoms with Crippen LogP contribution in [0.4, 0.5) is 0 Å². The van der Waals surface area contributed by atoms with Gasteiger partial charge in [-0.2, -0.15) is 0 Å². The molecule has 0 radical (unpaired) electrons. The van der Waals surface area contributed by atoms with E-state index in [1.165, 1.54) is 12.5 Å². The Morgan fingerprint density at radius 2 is 1.17 bits per heavy atom. The van der Waals surface area contributed by atoms with Gasteiger partial charge in [0, 0.05) is 5.41 Å². The lowest BCUT2D eigenvalue weighted by Crippen LogP contribution is -2.67. The SMILES string of the molecule is CC1OC(OC2C(OC3CCC4(C)C(CCC5(C)C4CC=C4C6CC(C)(C)CCC6(C(=O)OC6OC(COC7OC(CO)C(O)C(O)C7O)C(O)C(O)C6O)CCC45C)C3(C)CO)OCC(O)C2OC2OCC(O)C(O)C2O)C(O)C(O)C1O. The number of hydrogen-bond donors (Lipinski definition) is 15. The van der Waals surface area contributed by atoms with Crippen molar-refractivity contribution in [3.05, 3.63) is 11.6 Å². The molecule has 0 amide bonds. The molecule has 0 spiro atoms. The zero-order chi connectivity index (χ0) is 61.1. The lowest BCUT2D eigenvalue weighted by molar-refractivity contribution is -0.384.